The molecule has 2 aromatic rings. The number of hydrogen-bond acceptors (Lipinski definition) is 3. The molecule has 0 unspecified atom stereocenters. The summed E-state index contributed by atoms with van der Waals surface area (Å²) in [5.74, 6) is 7.27. The Morgan fingerprint density at radius 3 is 2.29 bits per heavy atom. The average molecular weight is 302 g/mol. The lowest BCUT2D eigenvalue weighted by Crippen LogP contribution is -2.09. The second kappa shape index (κ2) is 8.21. The summed E-state index contributed by atoms with van der Waals surface area (Å²) in [6.07, 6.45) is 0. The highest BCUT2D eigenvalue weighted by molar-refractivity contribution is 6.30. The van der Waals surface area contributed by atoms with E-state index in [4.69, 9.17) is 26.8 Å². The Morgan fingerprint density at radius 1 is 0.952 bits per heavy atom. The van der Waals surface area contributed by atoms with E-state index in [-0.39, 0.29) is 0 Å². The molecule has 0 heterocycles. The molecule has 0 amide bonds. The SMILES string of the molecule is NCC#Cc1cccc(OCCOc2cccc(Cl)c2)c1. The minimum absolute atomic E-state index is 0.346. The maximum Gasteiger partial charge on any atom is 0.122 e. The first kappa shape index (κ1) is 15.2. The van der Waals surface area contributed by atoms with E-state index in [1.165, 1.54) is 0 Å². The van der Waals surface area contributed by atoms with Gasteiger partial charge in [-0.05, 0) is 36.4 Å². The molecule has 0 radical (unpaired) electrons. The van der Waals surface area contributed by atoms with Gasteiger partial charge in [0.15, 0.2) is 0 Å². The molecular weight excluding hydrogens is 286 g/mol. The second-order valence-corrected chi connectivity index (χ2v) is 4.62. The second-order valence-electron chi connectivity index (χ2n) is 4.19. The van der Waals surface area contributed by atoms with Crippen molar-refractivity contribution in [3.8, 4) is 23.3 Å². The van der Waals surface area contributed by atoms with E-state index in [2.05, 4.69) is 11.8 Å². The van der Waals surface area contributed by atoms with Crippen LogP contribution in [0.5, 0.6) is 11.5 Å². The summed E-state index contributed by atoms with van der Waals surface area (Å²) in [6.45, 7) is 1.23. The third kappa shape index (κ3) is 5.39. The Balaban J connectivity index is 1.81. The zero-order valence-corrected chi connectivity index (χ0v) is 12.3. The summed E-state index contributed by atoms with van der Waals surface area (Å²) in [5, 5.41) is 0.652. The molecule has 0 atom stereocenters. The van der Waals surface area contributed by atoms with E-state index in [9.17, 15) is 0 Å². The van der Waals surface area contributed by atoms with E-state index < -0.39 is 0 Å². The van der Waals surface area contributed by atoms with Crippen LogP contribution in [0.2, 0.25) is 5.02 Å². The third-order valence-corrected chi connectivity index (χ3v) is 2.82. The molecule has 108 valence electrons. The van der Waals surface area contributed by atoms with Crippen molar-refractivity contribution >= 4 is 11.6 Å². The predicted octanol–water partition coefficient (Wildman–Crippen LogP) is 3.11. The third-order valence-electron chi connectivity index (χ3n) is 2.59. The summed E-state index contributed by atoms with van der Waals surface area (Å²) < 4.78 is 11.2. The molecule has 0 saturated heterocycles. The fourth-order valence-electron chi connectivity index (χ4n) is 1.69. The minimum atomic E-state index is 0.346. The standard InChI is InChI=1S/C17H16ClNO2/c18-15-6-2-8-17(13-15)21-11-10-20-16-7-1-4-14(12-16)5-3-9-19/h1-2,4,6-8,12-13H,9-11,19H2. The van der Waals surface area contributed by atoms with Gasteiger partial charge >= 0.3 is 0 Å². The normalized spacial score (nSPS) is 9.62. The van der Waals surface area contributed by atoms with Gasteiger partial charge in [-0.1, -0.05) is 35.6 Å². The Labute approximate surface area is 129 Å². The van der Waals surface area contributed by atoms with Gasteiger partial charge in [-0.3, -0.25) is 0 Å². The first-order valence-electron chi connectivity index (χ1n) is 6.58. The summed E-state index contributed by atoms with van der Waals surface area (Å²) in [5.41, 5.74) is 6.23. The van der Waals surface area contributed by atoms with E-state index in [0.29, 0.717) is 24.8 Å². The summed E-state index contributed by atoms with van der Waals surface area (Å²) in [7, 11) is 0. The molecular formula is C17H16ClNO2. The number of halogens is 1. The average Bonchev–Trinajstić information content (AvgIpc) is 2.50. The number of rotatable bonds is 5. The van der Waals surface area contributed by atoms with Crippen LogP contribution in [0.25, 0.3) is 0 Å². The van der Waals surface area contributed by atoms with Crippen LogP contribution in [0.15, 0.2) is 48.5 Å². The van der Waals surface area contributed by atoms with Crippen molar-refractivity contribution in [3.63, 3.8) is 0 Å². The molecule has 0 aliphatic heterocycles. The molecule has 2 aromatic carbocycles. The van der Waals surface area contributed by atoms with Gasteiger partial charge in [0, 0.05) is 10.6 Å². The van der Waals surface area contributed by atoms with Crippen LogP contribution in [-0.2, 0) is 0 Å². The molecule has 0 aliphatic carbocycles. The lowest BCUT2D eigenvalue weighted by atomic mass is 10.2. The van der Waals surface area contributed by atoms with Gasteiger partial charge in [0.1, 0.15) is 24.7 Å². The van der Waals surface area contributed by atoms with Crippen molar-refractivity contribution in [3.05, 3.63) is 59.1 Å². The van der Waals surface area contributed by atoms with Crippen molar-refractivity contribution in [1.82, 2.24) is 0 Å². The zero-order valence-electron chi connectivity index (χ0n) is 11.5. The fourth-order valence-corrected chi connectivity index (χ4v) is 1.87. The first-order valence-corrected chi connectivity index (χ1v) is 6.96. The van der Waals surface area contributed by atoms with E-state index in [1.807, 2.05) is 36.4 Å². The van der Waals surface area contributed by atoms with Crippen molar-refractivity contribution in [2.24, 2.45) is 5.73 Å². The topological polar surface area (TPSA) is 44.5 Å². The van der Waals surface area contributed by atoms with Crippen molar-refractivity contribution in [1.29, 1.82) is 0 Å². The van der Waals surface area contributed by atoms with Crippen LogP contribution in [0.3, 0.4) is 0 Å². The zero-order chi connectivity index (χ0) is 14.9. The van der Waals surface area contributed by atoms with Gasteiger partial charge in [-0.25, -0.2) is 0 Å². The van der Waals surface area contributed by atoms with E-state index in [1.54, 1.807) is 12.1 Å². The maximum absolute atomic E-state index is 5.88. The highest BCUT2D eigenvalue weighted by Gasteiger charge is 1.97. The molecule has 0 fully saturated rings. The highest BCUT2D eigenvalue weighted by Crippen LogP contribution is 2.17. The highest BCUT2D eigenvalue weighted by atomic mass is 35.5. The van der Waals surface area contributed by atoms with Crippen LogP contribution in [0.1, 0.15) is 5.56 Å². The number of benzene rings is 2. The Bertz CT molecular complexity index is 646. The van der Waals surface area contributed by atoms with Gasteiger partial charge < -0.3 is 15.2 Å². The molecule has 2 rings (SSSR count). The lowest BCUT2D eigenvalue weighted by Gasteiger charge is -2.08. The number of ether oxygens (including phenoxy) is 2. The maximum atomic E-state index is 5.88. The monoisotopic (exact) mass is 301 g/mol. The summed E-state index contributed by atoms with van der Waals surface area (Å²) in [6, 6.07) is 14.8. The summed E-state index contributed by atoms with van der Waals surface area (Å²) >= 11 is 5.88. The molecule has 21 heavy (non-hydrogen) atoms. The Hall–Kier alpha value is -2.15. The number of hydrogen-bond donors (Lipinski definition) is 1. The molecule has 0 aromatic heterocycles. The Kier molecular flexibility index (Phi) is 5.96. The van der Waals surface area contributed by atoms with Crippen molar-refractivity contribution in [2.75, 3.05) is 19.8 Å². The van der Waals surface area contributed by atoms with E-state index >= 15 is 0 Å². The van der Waals surface area contributed by atoms with Gasteiger partial charge in [-0.15, -0.1) is 0 Å². The van der Waals surface area contributed by atoms with Gasteiger partial charge in [-0.2, -0.15) is 0 Å². The molecule has 0 saturated carbocycles. The molecule has 0 bridgehead atoms. The fraction of sp³-hybridized carbons (Fsp3) is 0.176. The van der Waals surface area contributed by atoms with Crippen LogP contribution >= 0.6 is 11.6 Å². The Morgan fingerprint density at radius 2 is 1.62 bits per heavy atom. The minimum Gasteiger partial charge on any atom is -0.490 e. The summed E-state index contributed by atoms with van der Waals surface area (Å²) in [4.78, 5) is 0. The van der Waals surface area contributed by atoms with Crippen molar-refractivity contribution < 1.29 is 9.47 Å². The van der Waals surface area contributed by atoms with Crippen LogP contribution in [0, 0.1) is 11.8 Å². The van der Waals surface area contributed by atoms with Crippen LogP contribution in [-0.4, -0.2) is 19.8 Å². The van der Waals surface area contributed by atoms with Gasteiger partial charge in [0.25, 0.3) is 0 Å². The predicted molar refractivity (Wildman–Crippen MR) is 84.8 cm³/mol. The molecule has 2 N–H and O–H groups in total. The van der Waals surface area contributed by atoms with Crippen LogP contribution in [0.4, 0.5) is 0 Å². The van der Waals surface area contributed by atoms with Crippen molar-refractivity contribution in [2.45, 2.75) is 0 Å². The molecule has 0 aliphatic rings. The lowest BCUT2D eigenvalue weighted by molar-refractivity contribution is 0.217. The van der Waals surface area contributed by atoms with Gasteiger partial charge in [0.2, 0.25) is 0 Å². The van der Waals surface area contributed by atoms with E-state index in [0.717, 1.165) is 17.1 Å². The molecule has 0 spiro atoms. The van der Waals surface area contributed by atoms with Crippen LogP contribution < -0.4 is 15.2 Å². The molecule has 4 heteroatoms. The first-order chi connectivity index (χ1) is 10.3. The molecule has 3 nitrogen and oxygen atoms in total. The number of nitrogens with two attached hydrogens (primary N) is 1. The smallest absolute Gasteiger partial charge is 0.122 e. The van der Waals surface area contributed by atoms with Gasteiger partial charge in [0.05, 0.1) is 6.54 Å². The quantitative estimate of drug-likeness (QED) is 0.682. The largest absolute Gasteiger partial charge is 0.490 e.